The molecule has 4 aliphatic rings. The molecule has 0 spiro atoms. The van der Waals surface area contributed by atoms with E-state index in [1.54, 1.807) is 0 Å². The summed E-state index contributed by atoms with van der Waals surface area (Å²) in [5, 5.41) is 18.9. The van der Waals surface area contributed by atoms with Crippen molar-refractivity contribution in [3.05, 3.63) is 166 Å². The van der Waals surface area contributed by atoms with Gasteiger partial charge in [0.25, 0.3) is 0 Å². The van der Waals surface area contributed by atoms with Crippen LogP contribution >= 0.6 is 0 Å². The third-order valence-corrected chi connectivity index (χ3v) is 11.4. The zero-order valence-electron chi connectivity index (χ0n) is 28.0. The second-order valence-electron chi connectivity index (χ2n) is 14.1. The molecule has 0 unspecified atom stereocenters. The summed E-state index contributed by atoms with van der Waals surface area (Å²) in [7, 11) is 0. The Morgan fingerprint density at radius 1 is 0.302 bits per heavy atom. The molecule has 9 aromatic rings. The Labute approximate surface area is 314 Å². The van der Waals surface area contributed by atoms with Crippen LogP contribution in [-0.4, -0.2) is 9.97 Å². The minimum Gasteiger partial charge on any atom is -0.657 e. The van der Waals surface area contributed by atoms with Crippen molar-refractivity contribution in [3.63, 3.8) is 0 Å². The number of hydrogen-bond acceptors (Lipinski definition) is 2. The summed E-state index contributed by atoms with van der Waals surface area (Å²) < 4.78 is 0. The standard InChI is InChI=1S/C48H24N4.Pt/c1-2-14-28-27(13-1)35-21-39-45-31-17-5-9-25-10-7-19-33(43(25)31)47(45)41(51-39)23-37-29-15-3-4-16-30(29)38(50-37)24-42-48-34-20-8-12-26-11-6-18-32(44(26)34)46(48)40(52-42)22-36(28)49-35;/h1-24H;/q-2;+2. The van der Waals surface area contributed by atoms with Gasteiger partial charge in [0.15, 0.2) is 0 Å². The molecule has 2 aliphatic heterocycles. The maximum atomic E-state index is 5.41. The van der Waals surface area contributed by atoms with Crippen molar-refractivity contribution >= 4 is 109 Å². The molecule has 6 aromatic carbocycles. The van der Waals surface area contributed by atoms with Crippen LogP contribution in [0.5, 0.6) is 0 Å². The predicted molar refractivity (Wildman–Crippen MR) is 214 cm³/mol. The van der Waals surface area contributed by atoms with Crippen molar-refractivity contribution in [1.82, 2.24) is 19.9 Å². The fraction of sp³-hybridized carbons (Fsp3) is 0. The van der Waals surface area contributed by atoms with Gasteiger partial charge in [-0.25, -0.2) is 9.97 Å². The Balaban J connectivity index is 0.00000315. The van der Waals surface area contributed by atoms with Gasteiger partial charge in [-0.2, -0.15) is 0 Å². The van der Waals surface area contributed by atoms with Crippen molar-refractivity contribution in [2.75, 3.05) is 0 Å². The molecule has 246 valence electrons. The molecule has 3 aromatic heterocycles. The summed E-state index contributed by atoms with van der Waals surface area (Å²) >= 11 is 0. The Hall–Kier alpha value is -6.35. The van der Waals surface area contributed by atoms with E-state index >= 15 is 0 Å². The van der Waals surface area contributed by atoms with E-state index in [9.17, 15) is 0 Å². The molecule has 0 N–H and O–H groups in total. The predicted octanol–water partition coefficient (Wildman–Crippen LogP) is 11.4. The summed E-state index contributed by atoms with van der Waals surface area (Å²) in [6.07, 6.45) is 0. The molecule has 8 bridgehead atoms. The quantitative estimate of drug-likeness (QED) is 0.153. The van der Waals surface area contributed by atoms with Crippen LogP contribution in [0.1, 0.15) is 0 Å². The van der Waals surface area contributed by atoms with Crippen LogP contribution < -0.4 is 9.97 Å². The third-order valence-electron chi connectivity index (χ3n) is 11.4. The van der Waals surface area contributed by atoms with E-state index in [0.717, 1.165) is 86.6 Å². The Morgan fingerprint density at radius 2 is 0.566 bits per heavy atom. The Kier molecular flexibility index (Phi) is 5.73. The smallest absolute Gasteiger partial charge is 0.657 e. The average molecular weight is 852 g/mol. The molecule has 13 rings (SSSR count). The molecule has 0 fully saturated rings. The maximum Gasteiger partial charge on any atom is 2.00 e. The number of nitrogens with zero attached hydrogens (tertiary/aromatic N) is 4. The van der Waals surface area contributed by atoms with Crippen LogP contribution in [0.3, 0.4) is 0 Å². The van der Waals surface area contributed by atoms with E-state index in [2.05, 4.69) is 146 Å². The molecule has 4 nitrogen and oxygen atoms in total. The van der Waals surface area contributed by atoms with Crippen LogP contribution in [0, 0.1) is 20.9 Å². The Morgan fingerprint density at radius 3 is 0.849 bits per heavy atom. The first-order valence-electron chi connectivity index (χ1n) is 17.7. The van der Waals surface area contributed by atoms with Crippen LogP contribution in [0.15, 0.2) is 146 Å². The van der Waals surface area contributed by atoms with Crippen LogP contribution in [0.25, 0.3) is 109 Å². The van der Waals surface area contributed by atoms with E-state index in [0.29, 0.717) is 0 Å². The van der Waals surface area contributed by atoms with Gasteiger partial charge >= 0.3 is 21.1 Å². The largest absolute Gasteiger partial charge is 2.00 e. The summed E-state index contributed by atoms with van der Waals surface area (Å²) in [5.41, 5.74) is 7.31. The zero-order valence-corrected chi connectivity index (χ0v) is 30.2. The molecule has 5 heterocycles. The van der Waals surface area contributed by atoms with E-state index in [4.69, 9.17) is 19.9 Å². The SMILES string of the molecule is [Pt+2].c1cc2cccc3c4c5cc6[n-]c(cc7nc(cc8[n-]c(cc(n5)c=4c(c1)c23)c1ccccc81)c1c2cccc3cccc(c7=1)c32)c1ccccc61. The second-order valence-corrected chi connectivity index (χ2v) is 14.1. The first kappa shape index (κ1) is 29.2. The fourth-order valence-electron chi connectivity index (χ4n) is 9.34. The van der Waals surface area contributed by atoms with E-state index in [1.807, 2.05) is 0 Å². The first-order chi connectivity index (χ1) is 25.8. The van der Waals surface area contributed by atoms with E-state index < -0.39 is 0 Å². The molecule has 2 aliphatic carbocycles. The molecule has 0 saturated carbocycles. The van der Waals surface area contributed by atoms with Gasteiger partial charge in [-0.15, -0.1) is 22.1 Å². The molecule has 0 atom stereocenters. The van der Waals surface area contributed by atoms with Gasteiger partial charge in [0.2, 0.25) is 0 Å². The Bertz CT molecular complexity index is 3390. The third kappa shape index (κ3) is 3.78. The summed E-state index contributed by atoms with van der Waals surface area (Å²) in [6, 6.07) is 52.2. The number of aromatic nitrogens is 4. The van der Waals surface area contributed by atoms with E-state index in [-0.39, 0.29) is 21.1 Å². The van der Waals surface area contributed by atoms with Crippen molar-refractivity contribution in [2.24, 2.45) is 0 Å². The number of rotatable bonds is 0. The monoisotopic (exact) mass is 851 g/mol. The maximum absolute atomic E-state index is 5.41. The van der Waals surface area contributed by atoms with Crippen LogP contribution in [0.4, 0.5) is 0 Å². The fourth-order valence-corrected chi connectivity index (χ4v) is 9.34. The molecular formula is C48H24N4Pt. The second kappa shape index (κ2) is 10.4. The molecule has 53 heavy (non-hydrogen) atoms. The van der Waals surface area contributed by atoms with Gasteiger partial charge in [-0.1, -0.05) is 121 Å². The van der Waals surface area contributed by atoms with Crippen molar-refractivity contribution in [3.8, 4) is 0 Å². The molecule has 0 saturated heterocycles. The molecular weight excluding hydrogens is 828 g/mol. The zero-order chi connectivity index (χ0) is 33.7. The van der Waals surface area contributed by atoms with Crippen molar-refractivity contribution in [2.45, 2.75) is 0 Å². The van der Waals surface area contributed by atoms with Crippen LogP contribution in [-0.2, 0) is 21.1 Å². The topological polar surface area (TPSA) is 54.0 Å². The number of hydrogen-bond donors (Lipinski definition) is 0. The van der Waals surface area contributed by atoms with Gasteiger partial charge in [0.05, 0.1) is 22.1 Å². The average Bonchev–Trinajstić information content (AvgIpc) is 4.01. The van der Waals surface area contributed by atoms with Crippen molar-refractivity contribution in [1.29, 1.82) is 0 Å². The molecule has 5 heteroatoms. The summed E-state index contributed by atoms with van der Waals surface area (Å²) in [5.74, 6) is 0. The van der Waals surface area contributed by atoms with Gasteiger partial charge in [-0.3, -0.25) is 0 Å². The molecule has 0 radical (unpaired) electrons. The minimum absolute atomic E-state index is 0. The van der Waals surface area contributed by atoms with Gasteiger partial charge in [-0.05, 0) is 88.9 Å². The van der Waals surface area contributed by atoms with Crippen LogP contribution in [0.2, 0.25) is 0 Å². The number of fused-ring (bicyclic) bond motifs is 22. The summed E-state index contributed by atoms with van der Waals surface area (Å²) in [4.78, 5) is 21.6. The van der Waals surface area contributed by atoms with Gasteiger partial charge in [0, 0.05) is 20.9 Å². The van der Waals surface area contributed by atoms with E-state index in [1.165, 1.54) is 43.1 Å². The normalized spacial score (nSPS) is 12.4. The number of benzene rings is 6. The first-order valence-corrected chi connectivity index (χ1v) is 17.7. The van der Waals surface area contributed by atoms with Gasteiger partial charge < -0.3 is 9.97 Å². The van der Waals surface area contributed by atoms with Crippen molar-refractivity contribution < 1.29 is 21.1 Å². The summed E-state index contributed by atoms with van der Waals surface area (Å²) in [6.45, 7) is 0. The molecule has 0 amide bonds. The minimum atomic E-state index is 0. The van der Waals surface area contributed by atoms with Gasteiger partial charge in [0.1, 0.15) is 0 Å².